The SMILES string of the molecule is Cc1ccc2c(c1)CCc1c(C[C@H](CCCN)C(=O)O)ncn1-2. The summed E-state index contributed by atoms with van der Waals surface area (Å²) >= 11 is 0. The molecule has 3 N–H and O–H groups in total. The summed E-state index contributed by atoms with van der Waals surface area (Å²) in [5, 5.41) is 9.42. The zero-order chi connectivity index (χ0) is 16.4. The van der Waals surface area contributed by atoms with Crippen LogP contribution in [-0.4, -0.2) is 27.2 Å². The summed E-state index contributed by atoms with van der Waals surface area (Å²) < 4.78 is 2.12. The van der Waals surface area contributed by atoms with Gasteiger partial charge in [-0.1, -0.05) is 17.7 Å². The van der Waals surface area contributed by atoms with Gasteiger partial charge in [0.1, 0.15) is 0 Å². The fourth-order valence-corrected chi connectivity index (χ4v) is 3.37. The number of aliphatic carboxylic acids is 1. The van der Waals surface area contributed by atoms with Crippen molar-refractivity contribution in [3.63, 3.8) is 0 Å². The van der Waals surface area contributed by atoms with Crippen LogP contribution in [0.4, 0.5) is 0 Å². The van der Waals surface area contributed by atoms with Gasteiger partial charge in [-0.2, -0.15) is 0 Å². The lowest BCUT2D eigenvalue weighted by molar-refractivity contribution is -0.142. The number of nitrogens with two attached hydrogens (primary N) is 1. The van der Waals surface area contributed by atoms with Gasteiger partial charge in [0, 0.05) is 17.8 Å². The second-order valence-electron chi connectivity index (χ2n) is 6.31. The number of rotatable bonds is 6. The van der Waals surface area contributed by atoms with E-state index in [4.69, 9.17) is 5.73 Å². The summed E-state index contributed by atoms with van der Waals surface area (Å²) in [6.45, 7) is 2.63. The van der Waals surface area contributed by atoms with Crippen molar-refractivity contribution in [1.29, 1.82) is 0 Å². The molecule has 5 nitrogen and oxygen atoms in total. The van der Waals surface area contributed by atoms with E-state index in [1.54, 1.807) is 0 Å². The average molecular weight is 313 g/mol. The van der Waals surface area contributed by atoms with Gasteiger partial charge in [-0.25, -0.2) is 4.98 Å². The zero-order valence-corrected chi connectivity index (χ0v) is 13.5. The molecule has 1 aliphatic heterocycles. The Morgan fingerprint density at radius 2 is 2.26 bits per heavy atom. The quantitative estimate of drug-likeness (QED) is 0.857. The molecule has 1 atom stereocenters. The molecule has 1 aromatic carbocycles. The molecule has 1 aliphatic rings. The van der Waals surface area contributed by atoms with Crippen molar-refractivity contribution in [2.75, 3.05) is 6.54 Å². The van der Waals surface area contributed by atoms with E-state index in [2.05, 4.69) is 34.7 Å². The molecule has 0 fully saturated rings. The summed E-state index contributed by atoms with van der Waals surface area (Å²) in [5.41, 5.74) is 11.4. The van der Waals surface area contributed by atoms with Crippen LogP contribution in [0.25, 0.3) is 5.69 Å². The van der Waals surface area contributed by atoms with Crippen molar-refractivity contribution in [1.82, 2.24) is 9.55 Å². The maximum Gasteiger partial charge on any atom is 0.306 e. The molecule has 0 saturated carbocycles. The second kappa shape index (κ2) is 6.54. The van der Waals surface area contributed by atoms with E-state index < -0.39 is 11.9 Å². The van der Waals surface area contributed by atoms with E-state index in [1.165, 1.54) is 16.8 Å². The fraction of sp³-hybridized carbons (Fsp3) is 0.444. The summed E-state index contributed by atoms with van der Waals surface area (Å²) in [5.74, 6) is -1.16. The number of carboxylic acid groups (broad SMARTS) is 1. The minimum Gasteiger partial charge on any atom is -0.481 e. The molecular formula is C18H23N3O2. The van der Waals surface area contributed by atoms with E-state index in [0.29, 0.717) is 19.4 Å². The van der Waals surface area contributed by atoms with Gasteiger partial charge >= 0.3 is 5.97 Å². The Bertz CT molecular complexity index is 721. The first-order valence-electron chi connectivity index (χ1n) is 8.18. The van der Waals surface area contributed by atoms with Crippen molar-refractivity contribution in [3.8, 4) is 5.69 Å². The number of aryl methyl sites for hydroxylation is 2. The lowest BCUT2D eigenvalue weighted by Gasteiger charge is -2.21. The summed E-state index contributed by atoms with van der Waals surface area (Å²) in [4.78, 5) is 16.0. The van der Waals surface area contributed by atoms with E-state index in [9.17, 15) is 9.90 Å². The molecule has 0 amide bonds. The first-order chi connectivity index (χ1) is 11.1. The number of nitrogens with zero attached hydrogens (tertiary/aromatic N) is 2. The van der Waals surface area contributed by atoms with Crippen LogP contribution in [0.5, 0.6) is 0 Å². The lowest BCUT2D eigenvalue weighted by Crippen LogP contribution is -2.20. The molecule has 0 saturated heterocycles. The molecular weight excluding hydrogens is 290 g/mol. The average Bonchev–Trinajstić information content (AvgIpc) is 2.94. The largest absolute Gasteiger partial charge is 0.481 e. The number of carbonyl (C=O) groups is 1. The number of hydrogen-bond donors (Lipinski definition) is 2. The smallest absolute Gasteiger partial charge is 0.306 e. The fourth-order valence-electron chi connectivity index (χ4n) is 3.37. The lowest BCUT2D eigenvalue weighted by atomic mass is 9.94. The Labute approximate surface area is 136 Å². The van der Waals surface area contributed by atoms with Crippen LogP contribution in [-0.2, 0) is 24.1 Å². The van der Waals surface area contributed by atoms with Crippen molar-refractivity contribution >= 4 is 5.97 Å². The maximum absolute atomic E-state index is 11.5. The molecule has 3 rings (SSSR count). The third-order valence-electron chi connectivity index (χ3n) is 4.62. The Morgan fingerprint density at radius 3 is 3.00 bits per heavy atom. The molecule has 2 heterocycles. The van der Waals surface area contributed by atoms with Crippen molar-refractivity contribution in [3.05, 3.63) is 47.0 Å². The molecule has 0 unspecified atom stereocenters. The predicted octanol–water partition coefficient (Wildman–Crippen LogP) is 2.26. The number of carboxylic acids is 1. The minimum atomic E-state index is -0.757. The van der Waals surface area contributed by atoms with Crippen LogP contribution in [0, 0.1) is 12.8 Å². The van der Waals surface area contributed by atoms with E-state index >= 15 is 0 Å². The van der Waals surface area contributed by atoms with Crippen LogP contribution in [0.15, 0.2) is 24.5 Å². The van der Waals surface area contributed by atoms with Gasteiger partial charge in [0.05, 0.1) is 17.9 Å². The van der Waals surface area contributed by atoms with Gasteiger partial charge in [0.25, 0.3) is 0 Å². The molecule has 0 bridgehead atoms. The minimum absolute atomic E-state index is 0.405. The number of imidazole rings is 1. The zero-order valence-electron chi connectivity index (χ0n) is 13.5. The monoisotopic (exact) mass is 313 g/mol. The standard InChI is InChI=1S/C18H23N3O2/c1-12-4-6-16-13(9-12)5-7-17-15(20-11-21(16)17)10-14(18(22)23)3-2-8-19/h4,6,9,11,14H,2-3,5,7-8,10,19H2,1H3,(H,22,23)/t14-/m0/s1. The highest BCUT2D eigenvalue weighted by atomic mass is 16.4. The highest BCUT2D eigenvalue weighted by Gasteiger charge is 2.24. The molecule has 1 aromatic heterocycles. The van der Waals surface area contributed by atoms with Crippen LogP contribution < -0.4 is 5.73 Å². The third-order valence-corrected chi connectivity index (χ3v) is 4.62. The first kappa shape index (κ1) is 15.7. The Kier molecular flexibility index (Phi) is 4.48. The number of hydrogen-bond acceptors (Lipinski definition) is 3. The number of aromatic nitrogens is 2. The van der Waals surface area contributed by atoms with Gasteiger partial charge in [0.15, 0.2) is 0 Å². The van der Waals surface area contributed by atoms with Crippen LogP contribution in [0.3, 0.4) is 0 Å². The number of fused-ring (bicyclic) bond motifs is 3. The summed E-state index contributed by atoms with van der Waals surface area (Å²) in [6.07, 6.45) is 5.55. The van der Waals surface area contributed by atoms with Gasteiger partial charge in [-0.05, 0) is 50.8 Å². The van der Waals surface area contributed by atoms with Gasteiger partial charge in [-0.15, -0.1) is 0 Å². The van der Waals surface area contributed by atoms with Crippen LogP contribution in [0.1, 0.15) is 35.4 Å². The van der Waals surface area contributed by atoms with Gasteiger partial charge in [-0.3, -0.25) is 4.79 Å². The molecule has 5 heteroatoms. The van der Waals surface area contributed by atoms with Gasteiger partial charge in [0.2, 0.25) is 0 Å². The number of benzene rings is 1. The van der Waals surface area contributed by atoms with Crippen molar-refractivity contribution < 1.29 is 9.90 Å². The van der Waals surface area contributed by atoms with E-state index in [0.717, 1.165) is 30.7 Å². The highest BCUT2D eigenvalue weighted by Crippen LogP contribution is 2.28. The summed E-state index contributed by atoms with van der Waals surface area (Å²) in [7, 11) is 0. The molecule has 0 spiro atoms. The Hall–Kier alpha value is -2.14. The Balaban J connectivity index is 1.87. The van der Waals surface area contributed by atoms with Crippen molar-refractivity contribution in [2.24, 2.45) is 11.7 Å². The topological polar surface area (TPSA) is 81.1 Å². The molecule has 0 aliphatic carbocycles. The van der Waals surface area contributed by atoms with Crippen molar-refractivity contribution in [2.45, 2.75) is 39.0 Å². The third kappa shape index (κ3) is 3.15. The maximum atomic E-state index is 11.5. The van der Waals surface area contributed by atoms with Crippen LogP contribution >= 0.6 is 0 Å². The normalized spacial score (nSPS) is 14.2. The molecule has 2 aromatic rings. The molecule has 23 heavy (non-hydrogen) atoms. The van der Waals surface area contributed by atoms with E-state index in [-0.39, 0.29) is 0 Å². The highest BCUT2D eigenvalue weighted by molar-refractivity contribution is 5.70. The second-order valence-corrected chi connectivity index (χ2v) is 6.31. The molecule has 122 valence electrons. The van der Waals surface area contributed by atoms with E-state index in [1.807, 2.05) is 6.33 Å². The van der Waals surface area contributed by atoms with Gasteiger partial charge < -0.3 is 15.4 Å². The Morgan fingerprint density at radius 1 is 1.43 bits per heavy atom. The first-order valence-corrected chi connectivity index (χ1v) is 8.18. The summed E-state index contributed by atoms with van der Waals surface area (Å²) in [6, 6.07) is 6.45. The van der Waals surface area contributed by atoms with Crippen LogP contribution in [0.2, 0.25) is 0 Å². The molecule has 0 radical (unpaired) electrons. The predicted molar refractivity (Wildman–Crippen MR) is 88.8 cm³/mol.